The van der Waals surface area contributed by atoms with Gasteiger partial charge in [0, 0.05) is 12.5 Å². The molecule has 2 rings (SSSR count). The minimum Gasteiger partial charge on any atom is -0.494 e. The molecule has 0 amide bonds. The van der Waals surface area contributed by atoms with E-state index in [1.54, 1.807) is 0 Å². The number of hydrogen-bond acceptors (Lipinski definition) is 5. The molecule has 1 heterocycles. The molecule has 25 heavy (non-hydrogen) atoms. The lowest BCUT2D eigenvalue weighted by atomic mass is 10.1. The summed E-state index contributed by atoms with van der Waals surface area (Å²) < 4.78 is 11.0. The topological polar surface area (TPSA) is 67.9 Å². The SMILES string of the molecule is CCC(=NO)c1ccc(OCCCCCCCc2cc(C)no2)cc1. The van der Waals surface area contributed by atoms with Gasteiger partial charge in [-0.05, 0) is 56.0 Å². The molecule has 1 aromatic carbocycles. The Morgan fingerprint density at radius 2 is 1.84 bits per heavy atom. The number of aromatic nitrogens is 1. The van der Waals surface area contributed by atoms with Gasteiger partial charge in [-0.3, -0.25) is 0 Å². The van der Waals surface area contributed by atoms with Crippen molar-refractivity contribution < 1.29 is 14.5 Å². The van der Waals surface area contributed by atoms with Crippen molar-refractivity contribution in [3.05, 3.63) is 47.3 Å². The van der Waals surface area contributed by atoms with Crippen molar-refractivity contribution >= 4 is 5.71 Å². The fourth-order valence-electron chi connectivity index (χ4n) is 2.73. The summed E-state index contributed by atoms with van der Waals surface area (Å²) in [6, 6.07) is 9.72. The normalized spacial score (nSPS) is 11.7. The lowest BCUT2D eigenvalue weighted by Crippen LogP contribution is -2.00. The van der Waals surface area contributed by atoms with E-state index in [1.165, 1.54) is 19.3 Å². The highest BCUT2D eigenvalue weighted by atomic mass is 16.5. The predicted octanol–water partition coefficient (Wildman–Crippen LogP) is 5.14. The van der Waals surface area contributed by atoms with Crippen molar-refractivity contribution in [3.63, 3.8) is 0 Å². The fraction of sp³-hybridized carbons (Fsp3) is 0.500. The second-order valence-corrected chi connectivity index (χ2v) is 6.23. The van der Waals surface area contributed by atoms with Crippen LogP contribution in [0.5, 0.6) is 5.75 Å². The first kappa shape index (κ1) is 19.0. The van der Waals surface area contributed by atoms with Gasteiger partial charge in [0.05, 0.1) is 18.0 Å². The van der Waals surface area contributed by atoms with E-state index < -0.39 is 0 Å². The molecule has 0 aliphatic carbocycles. The van der Waals surface area contributed by atoms with E-state index in [0.29, 0.717) is 12.1 Å². The standard InChI is InChI=1S/C20H28N2O3/c1-3-20(21-23)17-10-12-18(13-11-17)24-14-8-6-4-5-7-9-19-15-16(2)22-25-19/h10-13,15,23H,3-9,14H2,1-2H3. The molecule has 0 unspecified atom stereocenters. The summed E-state index contributed by atoms with van der Waals surface area (Å²) >= 11 is 0. The molecule has 0 saturated carbocycles. The molecule has 5 heteroatoms. The minimum atomic E-state index is 0.687. The first-order chi connectivity index (χ1) is 12.2. The number of benzene rings is 1. The highest BCUT2D eigenvalue weighted by molar-refractivity contribution is 6.00. The van der Waals surface area contributed by atoms with E-state index in [2.05, 4.69) is 10.3 Å². The zero-order valence-electron chi connectivity index (χ0n) is 15.2. The Balaban J connectivity index is 1.54. The molecule has 0 saturated heterocycles. The van der Waals surface area contributed by atoms with Gasteiger partial charge in [0.1, 0.15) is 11.5 Å². The van der Waals surface area contributed by atoms with Gasteiger partial charge in [-0.1, -0.05) is 36.5 Å². The van der Waals surface area contributed by atoms with E-state index in [4.69, 9.17) is 14.5 Å². The smallest absolute Gasteiger partial charge is 0.136 e. The third-order valence-electron chi connectivity index (χ3n) is 4.16. The highest BCUT2D eigenvalue weighted by Gasteiger charge is 2.03. The van der Waals surface area contributed by atoms with E-state index >= 15 is 0 Å². The summed E-state index contributed by atoms with van der Waals surface area (Å²) in [5, 5.41) is 16.1. The van der Waals surface area contributed by atoms with E-state index in [0.717, 1.165) is 48.6 Å². The number of aryl methyl sites for hydroxylation is 2. The van der Waals surface area contributed by atoms with Gasteiger partial charge in [-0.2, -0.15) is 0 Å². The largest absolute Gasteiger partial charge is 0.494 e. The molecule has 2 aromatic rings. The molecule has 0 fully saturated rings. The van der Waals surface area contributed by atoms with Crippen LogP contribution in [-0.2, 0) is 6.42 Å². The summed E-state index contributed by atoms with van der Waals surface area (Å²) in [6.45, 7) is 4.64. The molecule has 1 N–H and O–H groups in total. The van der Waals surface area contributed by atoms with Crippen molar-refractivity contribution in [2.24, 2.45) is 5.16 Å². The number of ether oxygens (including phenoxy) is 1. The Bertz CT molecular complexity index is 647. The molecule has 5 nitrogen and oxygen atoms in total. The van der Waals surface area contributed by atoms with Crippen LogP contribution >= 0.6 is 0 Å². The van der Waals surface area contributed by atoms with Crippen LogP contribution < -0.4 is 4.74 Å². The number of rotatable bonds is 11. The third-order valence-corrected chi connectivity index (χ3v) is 4.16. The molecular weight excluding hydrogens is 316 g/mol. The Morgan fingerprint density at radius 3 is 2.48 bits per heavy atom. The number of hydrogen-bond donors (Lipinski definition) is 1. The van der Waals surface area contributed by atoms with Crippen LogP contribution in [0.4, 0.5) is 0 Å². The maximum absolute atomic E-state index is 8.92. The van der Waals surface area contributed by atoms with Crippen LogP contribution in [-0.4, -0.2) is 22.7 Å². The van der Waals surface area contributed by atoms with Crippen molar-refractivity contribution in [2.75, 3.05) is 6.61 Å². The second-order valence-electron chi connectivity index (χ2n) is 6.23. The Labute approximate surface area is 149 Å². The monoisotopic (exact) mass is 344 g/mol. The molecule has 1 aromatic heterocycles. The van der Waals surface area contributed by atoms with Crippen LogP contribution in [0.2, 0.25) is 0 Å². The Kier molecular flexibility index (Phi) is 8.02. The van der Waals surface area contributed by atoms with Gasteiger partial charge in [0.2, 0.25) is 0 Å². The van der Waals surface area contributed by atoms with Gasteiger partial charge in [-0.25, -0.2) is 0 Å². The quantitative estimate of drug-likeness (QED) is 0.265. The van der Waals surface area contributed by atoms with Gasteiger partial charge < -0.3 is 14.5 Å². The predicted molar refractivity (Wildman–Crippen MR) is 98.6 cm³/mol. The van der Waals surface area contributed by atoms with Crippen molar-refractivity contribution in [1.29, 1.82) is 0 Å². The summed E-state index contributed by atoms with van der Waals surface area (Å²) in [4.78, 5) is 0. The van der Waals surface area contributed by atoms with Crippen LogP contribution in [0.15, 0.2) is 40.0 Å². The van der Waals surface area contributed by atoms with Gasteiger partial charge in [0.25, 0.3) is 0 Å². The average Bonchev–Trinajstić information content (AvgIpc) is 3.05. The van der Waals surface area contributed by atoms with Crippen molar-refractivity contribution in [1.82, 2.24) is 5.16 Å². The molecule has 0 spiro atoms. The van der Waals surface area contributed by atoms with Crippen LogP contribution in [0, 0.1) is 6.92 Å². The van der Waals surface area contributed by atoms with E-state index in [9.17, 15) is 0 Å². The van der Waals surface area contributed by atoms with Gasteiger partial charge >= 0.3 is 0 Å². The molecular formula is C20H28N2O3. The van der Waals surface area contributed by atoms with Crippen molar-refractivity contribution in [3.8, 4) is 5.75 Å². The third kappa shape index (κ3) is 6.61. The zero-order chi connectivity index (χ0) is 17.9. The number of oxime groups is 1. The molecule has 0 atom stereocenters. The maximum atomic E-state index is 8.92. The molecule has 136 valence electrons. The van der Waals surface area contributed by atoms with Crippen LogP contribution in [0.1, 0.15) is 62.5 Å². The zero-order valence-corrected chi connectivity index (χ0v) is 15.2. The highest BCUT2D eigenvalue weighted by Crippen LogP contribution is 2.15. The lowest BCUT2D eigenvalue weighted by molar-refractivity contribution is 0.304. The van der Waals surface area contributed by atoms with Crippen LogP contribution in [0.25, 0.3) is 0 Å². The van der Waals surface area contributed by atoms with E-state index in [1.807, 2.05) is 44.2 Å². The fourth-order valence-corrected chi connectivity index (χ4v) is 2.73. The number of nitrogens with zero attached hydrogens (tertiary/aromatic N) is 2. The molecule has 0 radical (unpaired) electrons. The summed E-state index contributed by atoms with van der Waals surface area (Å²) in [5.74, 6) is 1.85. The lowest BCUT2D eigenvalue weighted by Gasteiger charge is -2.07. The second kappa shape index (κ2) is 10.5. The summed E-state index contributed by atoms with van der Waals surface area (Å²) in [5.41, 5.74) is 2.57. The Morgan fingerprint density at radius 1 is 1.12 bits per heavy atom. The molecule has 0 aliphatic rings. The van der Waals surface area contributed by atoms with E-state index in [-0.39, 0.29) is 0 Å². The first-order valence-electron chi connectivity index (χ1n) is 9.09. The number of unbranched alkanes of at least 4 members (excludes halogenated alkanes) is 4. The average molecular weight is 344 g/mol. The molecule has 0 bridgehead atoms. The minimum absolute atomic E-state index is 0.687. The van der Waals surface area contributed by atoms with Gasteiger partial charge in [0.15, 0.2) is 0 Å². The van der Waals surface area contributed by atoms with Crippen LogP contribution in [0.3, 0.4) is 0 Å². The molecule has 0 aliphatic heterocycles. The first-order valence-corrected chi connectivity index (χ1v) is 9.09. The summed E-state index contributed by atoms with van der Waals surface area (Å²) in [7, 11) is 0. The van der Waals surface area contributed by atoms with Gasteiger partial charge in [-0.15, -0.1) is 0 Å². The Hall–Kier alpha value is -2.30. The van der Waals surface area contributed by atoms with Crippen molar-refractivity contribution in [2.45, 2.75) is 58.8 Å². The maximum Gasteiger partial charge on any atom is 0.136 e. The summed E-state index contributed by atoms with van der Waals surface area (Å²) in [6.07, 6.45) is 7.46.